The van der Waals surface area contributed by atoms with Gasteiger partial charge < -0.3 is 9.47 Å². The highest BCUT2D eigenvalue weighted by Gasteiger charge is 2.25. The average Bonchev–Trinajstić information content (AvgIpc) is 3.09. The Bertz CT molecular complexity index is 1010. The van der Waals surface area contributed by atoms with Gasteiger partial charge in [-0.25, -0.2) is 19.0 Å². The van der Waals surface area contributed by atoms with Crippen LogP contribution in [0.15, 0.2) is 36.4 Å². The maximum atomic E-state index is 13.8. The first-order chi connectivity index (χ1) is 14.3. The Labute approximate surface area is 171 Å². The number of hydrogen-bond donors (Lipinski definition) is 3. The van der Waals surface area contributed by atoms with E-state index in [0.29, 0.717) is 11.4 Å². The van der Waals surface area contributed by atoms with E-state index in [2.05, 4.69) is 31.0 Å². The van der Waals surface area contributed by atoms with E-state index in [-0.39, 0.29) is 18.4 Å². The number of hydrogen-bond acceptors (Lipinski definition) is 9. The summed E-state index contributed by atoms with van der Waals surface area (Å²) in [5.41, 5.74) is 6.44. The molecule has 0 bridgehead atoms. The van der Waals surface area contributed by atoms with Crippen LogP contribution in [0.5, 0.6) is 0 Å². The van der Waals surface area contributed by atoms with E-state index in [4.69, 9.17) is 4.74 Å². The maximum Gasteiger partial charge on any atom is 0.413 e. The van der Waals surface area contributed by atoms with Gasteiger partial charge in [0.2, 0.25) is 5.95 Å². The zero-order valence-electron chi connectivity index (χ0n) is 16.2. The van der Waals surface area contributed by atoms with Gasteiger partial charge in [0.15, 0.2) is 5.82 Å². The van der Waals surface area contributed by atoms with E-state index in [1.54, 1.807) is 13.1 Å². The standard InChI is InChI=1S/C18H18F2N6O4.H2/c1-9(12-6-11(19)8-22-15(12)20)30-18(28)23-16-14(24-25-26(16)2)13-5-4-10(7-21-13)17(27)29-3;/h4-9,24-25H,1-3H3,(H,23,28);1H/t9-;/m1./s1. The number of nitrogens with zero attached hydrogens (tertiary/aromatic N) is 3. The Morgan fingerprint density at radius 3 is 2.70 bits per heavy atom. The SMILES string of the molecule is COC(=O)c1ccc(C2=C(NC(=O)O[C@H](C)c3cc(F)cnc3F)N(C)NN2)nc1.[HH]. The lowest BCUT2D eigenvalue weighted by Gasteiger charge is -2.18. The number of carbonyl (C=O) groups is 2. The maximum absolute atomic E-state index is 13.8. The Morgan fingerprint density at radius 1 is 1.27 bits per heavy atom. The molecule has 0 saturated heterocycles. The number of esters is 1. The minimum absolute atomic E-state index is 0. The Morgan fingerprint density at radius 2 is 2.03 bits per heavy atom. The third-order valence-corrected chi connectivity index (χ3v) is 4.14. The van der Waals surface area contributed by atoms with E-state index >= 15 is 0 Å². The van der Waals surface area contributed by atoms with Crippen LogP contribution in [0.3, 0.4) is 0 Å². The molecular weight excluding hydrogens is 402 g/mol. The molecule has 0 saturated carbocycles. The summed E-state index contributed by atoms with van der Waals surface area (Å²) >= 11 is 0. The summed E-state index contributed by atoms with van der Waals surface area (Å²) in [5.74, 6) is -1.97. The predicted molar refractivity (Wildman–Crippen MR) is 101 cm³/mol. The number of ether oxygens (including phenoxy) is 2. The Hall–Kier alpha value is -3.80. The van der Waals surface area contributed by atoms with Crippen molar-refractivity contribution in [1.82, 2.24) is 31.3 Å². The number of carbonyl (C=O) groups excluding carboxylic acids is 2. The quantitative estimate of drug-likeness (QED) is 0.490. The smallest absolute Gasteiger partial charge is 0.413 e. The van der Waals surface area contributed by atoms with Crippen molar-refractivity contribution in [3.63, 3.8) is 0 Å². The van der Waals surface area contributed by atoms with Gasteiger partial charge >= 0.3 is 12.1 Å². The van der Waals surface area contributed by atoms with Gasteiger partial charge in [-0.3, -0.25) is 20.7 Å². The molecule has 1 aliphatic rings. The number of rotatable bonds is 5. The number of aromatic nitrogens is 2. The van der Waals surface area contributed by atoms with Crippen LogP contribution in [0.4, 0.5) is 13.6 Å². The van der Waals surface area contributed by atoms with Crippen LogP contribution < -0.4 is 16.3 Å². The lowest BCUT2D eigenvalue weighted by atomic mass is 10.2. The summed E-state index contributed by atoms with van der Waals surface area (Å²) in [5, 5.41) is 3.96. The fraction of sp³-hybridized carbons (Fsp3) is 0.222. The highest BCUT2D eigenvalue weighted by molar-refractivity contribution is 5.89. The second-order valence-corrected chi connectivity index (χ2v) is 6.15. The summed E-state index contributed by atoms with van der Waals surface area (Å²) in [6, 6.07) is 3.97. The van der Waals surface area contributed by atoms with E-state index in [0.717, 1.165) is 12.3 Å². The second kappa shape index (κ2) is 8.69. The van der Waals surface area contributed by atoms with Crippen LogP contribution in [-0.4, -0.2) is 41.2 Å². The fourth-order valence-corrected chi connectivity index (χ4v) is 2.61. The minimum atomic E-state index is -1.10. The number of alkyl carbamates (subject to hydrolysis) is 1. The summed E-state index contributed by atoms with van der Waals surface area (Å²) in [6.45, 7) is 1.39. The highest BCUT2D eigenvalue weighted by atomic mass is 19.1. The Balaban J connectivity index is 0.00000341. The number of amides is 1. The Kier molecular flexibility index (Phi) is 6.06. The van der Waals surface area contributed by atoms with Gasteiger partial charge in [0.25, 0.3) is 0 Å². The molecule has 160 valence electrons. The van der Waals surface area contributed by atoms with Crippen LogP contribution in [0.2, 0.25) is 0 Å². The first-order valence-corrected chi connectivity index (χ1v) is 8.63. The number of halogens is 2. The first-order valence-electron chi connectivity index (χ1n) is 8.63. The predicted octanol–water partition coefficient (Wildman–Crippen LogP) is 1.86. The molecule has 2 aromatic heterocycles. The highest BCUT2D eigenvalue weighted by Crippen LogP contribution is 2.21. The number of pyridine rings is 2. The van der Waals surface area contributed by atoms with Crippen LogP contribution in [0.1, 0.15) is 36.1 Å². The van der Waals surface area contributed by atoms with Gasteiger partial charge in [0.1, 0.15) is 17.6 Å². The van der Waals surface area contributed by atoms with Crippen LogP contribution >= 0.6 is 0 Å². The molecule has 0 aliphatic carbocycles. The third-order valence-electron chi connectivity index (χ3n) is 4.14. The van der Waals surface area contributed by atoms with Gasteiger partial charge in [-0.05, 0) is 25.1 Å². The van der Waals surface area contributed by atoms with Gasteiger partial charge in [0.05, 0.1) is 30.1 Å². The van der Waals surface area contributed by atoms with Gasteiger partial charge in [-0.2, -0.15) is 4.39 Å². The van der Waals surface area contributed by atoms with E-state index in [1.807, 2.05) is 0 Å². The fourth-order valence-electron chi connectivity index (χ4n) is 2.61. The van der Waals surface area contributed by atoms with Crippen molar-refractivity contribution in [2.75, 3.05) is 14.2 Å². The van der Waals surface area contributed by atoms with Crippen LogP contribution in [0, 0.1) is 11.8 Å². The largest absolute Gasteiger partial charge is 0.465 e. The molecule has 1 atom stereocenters. The van der Waals surface area contributed by atoms with Gasteiger partial charge in [0, 0.05) is 14.7 Å². The molecule has 3 heterocycles. The molecule has 1 aliphatic heterocycles. The van der Waals surface area contributed by atoms with Crippen molar-refractivity contribution in [2.45, 2.75) is 13.0 Å². The molecule has 1 amide bonds. The minimum Gasteiger partial charge on any atom is -0.465 e. The number of hydrazine groups is 2. The monoisotopic (exact) mass is 422 g/mol. The molecule has 12 heteroatoms. The normalized spacial score (nSPS) is 14.2. The van der Waals surface area contributed by atoms with E-state index in [1.165, 1.54) is 31.3 Å². The van der Waals surface area contributed by atoms with Crippen molar-refractivity contribution in [1.29, 1.82) is 0 Å². The molecule has 10 nitrogen and oxygen atoms in total. The zero-order valence-corrected chi connectivity index (χ0v) is 16.2. The molecule has 30 heavy (non-hydrogen) atoms. The molecule has 0 fully saturated rings. The molecule has 0 unspecified atom stereocenters. The average molecular weight is 422 g/mol. The van der Waals surface area contributed by atoms with Gasteiger partial charge in [-0.15, -0.1) is 5.53 Å². The second-order valence-electron chi connectivity index (χ2n) is 6.15. The molecule has 0 spiro atoms. The summed E-state index contributed by atoms with van der Waals surface area (Å²) < 4.78 is 36.8. The molecule has 3 rings (SSSR count). The molecular formula is C18H20F2N6O4. The number of methoxy groups -OCH3 is 1. The van der Waals surface area contributed by atoms with Crippen molar-refractivity contribution >= 4 is 17.8 Å². The summed E-state index contributed by atoms with van der Waals surface area (Å²) in [7, 11) is 2.87. The van der Waals surface area contributed by atoms with E-state index in [9.17, 15) is 18.4 Å². The molecule has 0 radical (unpaired) electrons. The van der Waals surface area contributed by atoms with Crippen LogP contribution in [0.25, 0.3) is 5.70 Å². The van der Waals surface area contributed by atoms with Crippen LogP contribution in [-0.2, 0) is 9.47 Å². The summed E-state index contributed by atoms with van der Waals surface area (Å²) in [6.07, 6.45) is 0.0438. The van der Waals surface area contributed by atoms with Gasteiger partial charge in [-0.1, -0.05) is 0 Å². The zero-order chi connectivity index (χ0) is 21.8. The van der Waals surface area contributed by atoms with E-state index < -0.39 is 29.9 Å². The first kappa shape index (κ1) is 20.9. The molecule has 0 aromatic carbocycles. The summed E-state index contributed by atoms with van der Waals surface area (Å²) in [4.78, 5) is 31.3. The lowest BCUT2D eigenvalue weighted by molar-refractivity contribution is 0.0600. The van der Waals surface area contributed by atoms with Crippen molar-refractivity contribution in [3.8, 4) is 0 Å². The topological polar surface area (TPSA) is 118 Å². The number of nitrogens with one attached hydrogen (secondary N) is 3. The van der Waals surface area contributed by atoms with Crippen molar-refractivity contribution in [3.05, 3.63) is 65.0 Å². The third kappa shape index (κ3) is 4.43. The van der Waals surface area contributed by atoms with Crippen molar-refractivity contribution in [2.24, 2.45) is 0 Å². The van der Waals surface area contributed by atoms with Crippen molar-refractivity contribution < 1.29 is 29.3 Å². The molecule has 3 N–H and O–H groups in total. The molecule has 2 aromatic rings. The lowest BCUT2D eigenvalue weighted by Crippen LogP contribution is -2.39.